The zero-order valence-corrected chi connectivity index (χ0v) is 14.9. The molecule has 0 fully saturated rings. The maximum atomic E-state index is 9.77. The van der Waals surface area contributed by atoms with Crippen LogP contribution in [0.2, 0.25) is 0 Å². The molecule has 0 saturated heterocycles. The summed E-state index contributed by atoms with van der Waals surface area (Å²) in [6.45, 7) is 13.7. The monoisotopic (exact) mass is 308 g/mol. The minimum atomic E-state index is -0.816. The summed E-state index contributed by atoms with van der Waals surface area (Å²) in [5.74, 6) is 0. The molecular formula is C19H32O3. The van der Waals surface area contributed by atoms with Crippen molar-refractivity contribution in [1.29, 1.82) is 0 Å². The molecule has 0 spiro atoms. The second-order valence-corrected chi connectivity index (χ2v) is 8.05. The van der Waals surface area contributed by atoms with E-state index in [9.17, 15) is 5.11 Å². The van der Waals surface area contributed by atoms with Crippen LogP contribution in [0.25, 0.3) is 0 Å². The molecule has 0 aliphatic carbocycles. The second kappa shape index (κ2) is 7.58. The lowest BCUT2D eigenvalue weighted by atomic mass is 9.79. The molecule has 1 unspecified atom stereocenters. The van der Waals surface area contributed by atoms with E-state index in [1.807, 2.05) is 0 Å². The third-order valence-corrected chi connectivity index (χ3v) is 3.78. The van der Waals surface area contributed by atoms with Crippen molar-refractivity contribution in [2.24, 2.45) is 0 Å². The third kappa shape index (κ3) is 6.07. The Labute approximate surface area is 135 Å². The first-order valence-electron chi connectivity index (χ1n) is 8.09. The van der Waals surface area contributed by atoms with Gasteiger partial charge in [-0.25, -0.2) is 0 Å². The summed E-state index contributed by atoms with van der Waals surface area (Å²) < 4.78 is 5.51. The van der Waals surface area contributed by atoms with Crippen LogP contribution in [0.15, 0.2) is 18.2 Å². The van der Waals surface area contributed by atoms with Crippen molar-refractivity contribution < 1.29 is 14.9 Å². The predicted molar refractivity (Wildman–Crippen MR) is 91.0 cm³/mol. The molecule has 3 nitrogen and oxygen atoms in total. The minimum Gasteiger partial charge on any atom is -0.396 e. The van der Waals surface area contributed by atoms with Gasteiger partial charge in [0.15, 0.2) is 6.29 Å². The Balaban J connectivity index is 2.94. The van der Waals surface area contributed by atoms with Crippen molar-refractivity contribution in [2.45, 2.75) is 78.1 Å². The van der Waals surface area contributed by atoms with E-state index in [4.69, 9.17) is 9.84 Å². The Kier molecular flexibility index (Phi) is 6.60. The molecule has 22 heavy (non-hydrogen) atoms. The summed E-state index contributed by atoms with van der Waals surface area (Å²) in [6.07, 6.45) is 0.196. The van der Waals surface area contributed by atoms with Crippen molar-refractivity contribution in [2.75, 3.05) is 6.61 Å². The van der Waals surface area contributed by atoms with Gasteiger partial charge in [-0.05, 0) is 33.9 Å². The summed E-state index contributed by atoms with van der Waals surface area (Å²) in [5.41, 5.74) is 3.80. The molecule has 1 aromatic carbocycles. The Morgan fingerprint density at radius 3 is 1.86 bits per heavy atom. The molecule has 1 atom stereocenters. The SMILES string of the molecule is CC(C)(C)c1cc(COC(O)CCCO)cc(C(C)(C)C)c1. The molecule has 0 amide bonds. The molecule has 0 aromatic heterocycles. The fourth-order valence-electron chi connectivity index (χ4n) is 2.18. The van der Waals surface area contributed by atoms with Crippen LogP contribution in [-0.2, 0) is 22.2 Å². The molecule has 0 saturated carbocycles. The molecule has 0 bridgehead atoms. The number of aliphatic hydroxyl groups excluding tert-OH is 2. The molecular weight excluding hydrogens is 276 g/mol. The van der Waals surface area contributed by atoms with Gasteiger partial charge < -0.3 is 14.9 Å². The highest BCUT2D eigenvalue weighted by Gasteiger charge is 2.20. The summed E-state index contributed by atoms with van der Waals surface area (Å²) in [5, 5.41) is 18.6. The van der Waals surface area contributed by atoms with Crippen LogP contribution in [0, 0.1) is 0 Å². The number of rotatable bonds is 6. The first kappa shape index (κ1) is 19.1. The van der Waals surface area contributed by atoms with Gasteiger partial charge in [0, 0.05) is 13.0 Å². The van der Waals surface area contributed by atoms with Gasteiger partial charge in [-0.3, -0.25) is 0 Å². The van der Waals surface area contributed by atoms with Gasteiger partial charge in [0.25, 0.3) is 0 Å². The number of benzene rings is 1. The Bertz CT molecular complexity index is 434. The highest BCUT2D eigenvalue weighted by molar-refractivity contribution is 5.37. The summed E-state index contributed by atoms with van der Waals surface area (Å²) in [4.78, 5) is 0. The van der Waals surface area contributed by atoms with Crippen LogP contribution in [0.5, 0.6) is 0 Å². The van der Waals surface area contributed by atoms with Gasteiger partial charge in [-0.2, -0.15) is 0 Å². The minimum absolute atomic E-state index is 0.0749. The van der Waals surface area contributed by atoms with Crippen LogP contribution >= 0.6 is 0 Å². The molecule has 0 radical (unpaired) electrons. The number of hydrogen-bond acceptors (Lipinski definition) is 3. The number of ether oxygens (including phenoxy) is 1. The van der Waals surface area contributed by atoms with Crippen LogP contribution in [0.1, 0.15) is 71.1 Å². The molecule has 126 valence electrons. The lowest BCUT2D eigenvalue weighted by molar-refractivity contribution is -0.113. The van der Waals surface area contributed by atoms with Gasteiger partial charge in [0.2, 0.25) is 0 Å². The van der Waals surface area contributed by atoms with Crippen LogP contribution in [0.4, 0.5) is 0 Å². The first-order valence-corrected chi connectivity index (χ1v) is 8.09. The van der Waals surface area contributed by atoms with Crippen LogP contribution in [0.3, 0.4) is 0 Å². The van der Waals surface area contributed by atoms with Crippen LogP contribution in [-0.4, -0.2) is 23.1 Å². The van der Waals surface area contributed by atoms with E-state index in [0.29, 0.717) is 19.4 Å². The summed E-state index contributed by atoms with van der Waals surface area (Å²) >= 11 is 0. The van der Waals surface area contributed by atoms with E-state index in [2.05, 4.69) is 59.7 Å². The fourth-order valence-corrected chi connectivity index (χ4v) is 2.18. The zero-order valence-electron chi connectivity index (χ0n) is 14.9. The predicted octanol–water partition coefficient (Wildman–Crippen LogP) is 3.89. The van der Waals surface area contributed by atoms with Crippen molar-refractivity contribution in [1.82, 2.24) is 0 Å². The smallest absolute Gasteiger partial charge is 0.155 e. The van der Waals surface area contributed by atoms with E-state index < -0.39 is 6.29 Å². The highest BCUT2D eigenvalue weighted by atomic mass is 16.6. The molecule has 1 rings (SSSR count). The van der Waals surface area contributed by atoms with E-state index in [-0.39, 0.29) is 17.4 Å². The van der Waals surface area contributed by atoms with Crippen LogP contribution < -0.4 is 0 Å². The van der Waals surface area contributed by atoms with Gasteiger partial charge in [0.05, 0.1) is 6.61 Å². The van der Waals surface area contributed by atoms with E-state index in [1.54, 1.807) is 0 Å². The Hall–Kier alpha value is -0.900. The van der Waals surface area contributed by atoms with Crippen molar-refractivity contribution in [3.05, 3.63) is 34.9 Å². The molecule has 0 heterocycles. The lowest BCUT2D eigenvalue weighted by Gasteiger charge is -2.26. The zero-order chi connectivity index (χ0) is 17.0. The van der Waals surface area contributed by atoms with E-state index in [1.165, 1.54) is 11.1 Å². The molecule has 3 heteroatoms. The maximum Gasteiger partial charge on any atom is 0.155 e. The first-order chi connectivity index (χ1) is 10.0. The lowest BCUT2D eigenvalue weighted by Crippen LogP contribution is -2.18. The van der Waals surface area contributed by atoms with Gasteiger partial charge in [0.1, 0.15) is 0 Å². The molecule has 0 aliphatic rings. The van der Waals surface area contributed by atoms with Gasteiger partial charge in [-0.15, -0.1) is 0 Å². The topological polar surface area (TPSA) is 49.7 Å². The van der Waals surface area contributed by atoms with E-state index >= 15 is 0 Å². The average molecular weight is 308 g/mol. The third-order valence-electron chi connectivity index (χ3n) is 3.78. The summed E-state index contributed by atoms with van der Waals surface area (Å²) in [6, 6.07) is 6.59. The molecule has 2 N–H and O–H groups in total. The average Bonchev–Trinajstić information content (AvgIpc) is 2.40. The van der Waals surface area contributed by atoms with Gasteiger partial charge in [-0.1, -0.05) is 59.7 Å². The second-order valence-electron chi connectivity index (χ2n) is 8.05. The Morgan fingerprint density at radius 1 is 0.955 bits per heavy atom. The highest BCUT2D eigenvalue weighted by Crippen LogP contribution is 2.30. The van der Waals surface area contributed by atoms with E-state index in [0.717, 1.165) is 5.56 Å². The summed E-state index contributed by atoms with van der Waals surface area (Å²) in [7, 11) is 0. The normalized spacial score (nSPS) is 14.2. The number of hydrogen-bond donors (Lipinski definition) is 2. The van der Waals surface area contributed by atoms with Crippen molar-refractivity contribution in [3.8, 4) is 0 Å². The van der Waals surface area contributed by atoms with Gasteiger partial charge >= 0.3 is 0 Å². The maximum absolute atomic E-state index is 9.77. The Morgan fingerprint density at radius 2 is 1.45 bits per heavy atom. The molecule has 1 aromatic rings. The number of aliphatic hydroxyl groups is 2. The van der Waals surface area contributed by atoms with Crippen molar-refractivity contribution >= 4 is 0 Å². The quantitative estimate of drug-likeness (QED) is 0.784. The molecule has 0 aliphatic heterocycles. The van der Waals surface area contributed by atoms with Crippen molar-refractivity contribution in [3.63, 3.8) is 0 Å². The largest absolute Gasteiger partial charge is 0.396 e. The fraction of sp³-hybridized carbons (Fsp3) is 0.684. The standard InChI is InChI=1S/C19H32O3/c1-18(2,3)15-10-14(11-16(12-15)19(4,5)6)13-22-17(21)8-7-9-20/h10-12,17,20-21H,7-9,13H2,1-6H3.